The monoisotopic (exact) mass is 643 g/mol. The first-order valence-electron chi connectivity index (χ1n) is 14.5. The predicted molar refractivity (Wildman–Crippen MR) is 168 cm³/mol. The average Bonchev–Trinajstić information content (AvgIpc) is 3.73. The standard InChI is InChI=1S/C33H33N5O7S/c1-32(2,3)43-30(39)28-26(21-11-13-22(14-12-21)46(41,42)23-15-16-23)35-27(29(36-28)37-31(40)44-33(4,5)6)25-17-24(38-45-25)20-9-7-19(18-34)8-10-20/h7-14,17,23H,15-16H2,1-6H3,(H,36,37,40). The van der Waals surface area contributed by atoms with E-state index in [1.165, 1.54) is 12.1 Å². The first-order chi connectivity index (χ1) is 21.5. The van der Waals surface area contributed by atoms with Gasteiger partial charge >= 0.3 is 12.1 Å². The topological polar surface area (TPSA) is 174 Å². The number of nitrogens with zero attached hydrogens (tertiary/aromatic N) is 4. The number of hydrogen-bond donors (Lipinski definition) is 1. The number of rotatable bonds is 7. The molecule has 2 aromatic heterocycles. The van der Waals surface area contributed by atoms with Gasteiger partial charge in [0.05, 0.1) is 21.8 Å². The number of carbonyl (C=O) groups is 2. The van der Waals surface area contributed by atoms with Crippen LogP contribution in [0.5, 0.6) is 0 Å². The number of carbonyl (C=O) groups excluding carboxylic acids is 2. The molecule has 2 aromatic carbocycles. The van der Waals surface area contributed by atoms with Gasteiger partial charge in [0.2, 0.25) is 0 Å². The molecular weight excluding hydrogens is 610 g/mol. The quantitative estimate of drug-likeness (QED) is 0.215. The third-order valence-electron chi connectivity index (χ3n) is 6.58. The van der Waals surface area contributed by atoms with Gasteiger partial charge in [-0.1, -0.05) is 29.4 Å². The second-order valence-electron chi connectivity index (χ2n) is 12.8. The van der Waals surface area contributed by atoms with Crippen LogP contribution in [0.15, 0.2) is 64.0 Å². The summed E-state index contributed by atoms with van der Waals surface area (Å²) in [6.07, 6.45) is 0.387. The summed E-state index contributed by atoms with van der Waals surface area (Å²) in [5.41, 5.74) is 0.0362. The van der Waals surface area contributed by atoms with Crippen molar-refractivity contribution in [2.75, 3.05) is 5.32 Å². The van der Waals surface area contributed by atoms with Gasteiger partial charge in [-0.3, -0.25) is 5.32 Å². The Morgan fingerprint density at radius 3 is 2.07 bits per heavy atom. The van der Waals surface area contributed by atoms with Gasteiger partial charge in [-0.2, -0.15) is 5.26 Å². The van der Waals surface area contributed by atoms with E-state index in [0.29, 0.717) is 35.2 Å². The number of ether oxygens (including phenoxy) is 2. The van der Waals surface area contributed by atoms with Gasteiger partial charge < -0.3 is 14.0 Å². The molecule has 1 aliphatic carbocycles. The van der Waals surface area contributed by atoms with Crippen molar-refractivity contribution in [1.82, 2.24) is 15.1 Å². The summed E-state index contributed by atoms with van der Waals surface area (Å²) in [4.78, 5) is 35.8. The van der Waals surface area contributed by atoms with Gasteiger partial charge in [0.15, 0.2) is 32.8 Å². The van der Waals surface area contributed by atoms with Crippen molar-refractivity contribution in [3.63, 3.8) is 0 Å². The molecule has 4 aromatic rings. The first-order valence-corrected chi connectivity index (χ1v) is 16.1. The van der Waals surface area contributed by atoms with Crippen LogP contribution >= 0.6 is 0 Å². The average molecular weight is 644 g/mol. The summed E-state index contributed by atoms with van der Waals surface area (Å²) in [6, 6.07) is 16.4. The molecule has 1 aliphatic rings. The van der Waals surface area contributed by atoms with Crippen molar-refractivity contribution in [3.8, 4) is 40.0 Å². The highest BCUT2D eigenvalue weighted by molar-refractivity contribution is 7.92. The Bertz CT molecular complexity index is 1940. The number of nitriles is 1. The number of hydrogen-bond acceptors (Lipinski definition) is 11. The number of amides is 1. The molecule has 238 valence electrons. The van der Waals surface area contributed by atoms with Crippen molar-refractivity contribution in [2.45, 2.75) is 75.7 Å². The molecule has 0 aliphatic heterocycles. The highest BCUT2D eigenvalue weighted by atomic mass is 32.2. The molecule has 1 fully saturated rings. The van der Waals surface area contributed by atoms with Crippen LogP contribution in [0, 0.1) is 11.3 Å². The summed E-state index contributed by atoms with van der Waals surface area (Å²) in [6.45, 7) is 10.2. The Labute approximate surface area is 266 Å². The van der Waals surface area contributed by atoms with E-state index >= 15 is 0 Å². The van der Waals surface area contributed by atoms with Crippen molar-refractivity contribution >= 4 is 27.7 Å². The van der Waals surface area contributed by atoms with Crippen molar-refractivity contribution < 1.29 is 32.0 Å². The van der Waals surface area contributed by atoms with E-state index in [2.05, 4.69) is 21.5 Å². The zero-order valence-corrected chi connectivity index (χ0v) is 27.1. The molecule has 0 radical (unpaired) electrons. The minimum Gasteiger partial charge on any atom is -0.455 e. The number of esters is 1. The van der Waals surface area contributed by atoms with E-state index in [1.807, 2.05) is 0 Å². The molecule has 0 atom stereocenters. The summed E-state index contributed by atoms with van der Waals surface area (Å²) in [5, 5.41) is 15.5. The zero-order valence-electron chi connectivity index (χ0n) is 26.2. The lowest BCUT2D eigenvalue weighted by Crippen LogP contribution is -2.29. The maximum atomic E-state index is 13.5. The lowest BCUT2D eigenvalue weighted by atomic mass is 10.1. The Kier molecular flexibility index (Phi) is 8.44. The Balaban J connectivity index is 1.66. The Morgan fingerprint density at radius 2 is 1.50 bits per heavy atom. The maximum Gasteiger partial charge on any atom is 0.413 e. The van der Waals surface area contributed by atoms with E-state index in [9.17, 15) is 18.0 Å². The van der Waals surface area contributed by atoms with Crippen molar-refractivity contribution in [3.05, 3.63) is 65.9 Å². The molecular formula is C33H33N5O7S. The third-order valence-corrected chi connectivity index (χ3v) is 8.86. The SMILES string of the molecule is CC(C)(C)OC(=O)Nc1nc(C(=O)OC(C)(C)C)c(-c2ccc(S(=O)(=O)C3CC3)cc2)nc1-c1cc(-c2ccc(C#N)cc2)no1. The highest BCUT2D eigenvalue weighted by Gasteiger charge is 2.37. The van der Waals surface area contributed by atoms with Gasteiger partial charge in [-0.15, -0.1) is 0 Å². The molecule has 0 unspecified atom stereocenters. The molecule has 1 amide bonds. The van der Waals surface area contributed by atoms with Gasteiger partial charge in [0, 0.05) is 17.2 Å². The van der Waals surface area contributed by atoms with Gasteiger partial charge in [-0.25, -0.2) is 28.0 Å². The van der Waals surface area contributed by atoms with Crippen LogP contribution in [0.2, 0.25) is 0 Å². The van der Waals surface area contributed by atoms with E-state index in [4.69, 9.17) is 24.2 Å². The molecule has 46 heavy (non-hydrogen) atoms. The van der Waals surface area contributed by atoms with Gasteiger partial charge in [-0.05, 0) is 78.6 Å². The minimum atomic E-state index is -3.46. The smallest absolute Gasteiger partial charge is 0.413 e. The van der Waals surface area contributed by atoms with Crippen LogP contribution in [0.4, 0.5) is 10.6 Å². The second-order valence-corrected chi connectivity index (χ2v) is 15.0. The molecule has 0 spiro atoms. The van der Waals surface area contributed by atoms with Crippen molar-refractivity contribution in [2.24, 2.45) is 0 Å². The number of aromatic nitrogens is 3. The maximum absolute atomic E-state index is 13.5. The first kappa shape index (κ1) is 32.3. The molecule has 2 heterocycles. The largest absolute Gasteiger partial charge is 0.455 e. The van der Waals surface area contributed by atoms with Crippen molar-refractivity contribution in [1.29, 1.82) is 5.26 Å². The molecule has 1 saturated carbocycles. The van der Waals surface area contributed by atoms with E-state index in [1.54, 1.807) is 84.0 Å². The fraction of sp³-hybridized carbons (Fsp3) is 0.333. The van der Waals surface area contributed by atoms with Gasteiger partial charge in [0.1, 0.15) is 22.6 Å². The molecule has 0 bridgehead atoms. The molecule has 0 saturated heterocycles. The summed E-state index contributed by atoms with van der Waals surface area (Å²) < 4.78 is 42.4. The fourth-order valence-corrected chi connectivity index (χ4v) is 6.03. The zero-order chi connectivity index (χ0) is 33.4. The summed E-state index contributed by atoms with van der Waals surface area (Å²) in [7, 11) is -3.46. The molecule has 12 nitrogen and oxygen atoms in total. The molecule has 1 N–H and O–H groups in total. The number of anilines is 1. The fourth-order valence-electron chi connectivity index (χ4n) is 4.38. The van der Waals surface area contributed by atoms with Crippen LogP contribution in [0.3, 0.4) is 0 Å². The predicted octanol–water partition coefficient (Wildman–Crippen LogP) is 6.58. The third kappa shape index (κ3) is 7.40. The van der Waals surface area contributed by atoms with Crippen LogP contribution < -0.4 is 5.32 Å². The highest BCUT2D eigenvalue weighted by Crippen LogP contribution is 2.36. The van der Waals surface area contributed by atoms with Crippen LogP contribution in [-0.4, -0.2) is 52.1 Å². The van der Waals surface area contributed by atoms with E-state index in [-0.39, 0.29) is 33.6 Å². The summed E-state index contributed by atoms with van der Waals surface area (Å²) in [5.74, 6) is -0.878. The van der Waals surface area contributed by atoms with Crippen LogP contribution in [0.1, 0.15) is 70.4 Å². The lowest BCUT2D eigenvalue weighted by Gasteiger charge is -2.22. The number of sulfone groups is 1. The van der Waals surface area contributed by atoms with E-state index < -0.39 is 38.4 Å². The van der Waals surface area contributed by atoms with Gasteiger partial charge in [0.25, 0.3) is 0 Å². The molecule has 5 rings (SSSR count). The normalized spacial score (nSPS) is 13.5. The Morgan fingerprint density at radius 1 is 0.891 bits per heavy atom. The number of nitrogens with one attached hydrogen (secondary N) is 1. The summed E-state index contributed by atoms with van der Waals surface area (Å²) >= 11 is 0. The number of benzene rings is 2. The minimum absolute atomic E-state index is 0.0234. The Hall–Kier alpha value is -5.09. The molecule has 13 heteroatoms. The van der Waals surface area contributed by atoms with Crippen LogP contribution in [0.25, 0.3) is 34.0 Å². The second kappa shape index (κ2) is 12.0. The van der Waals surface area contributed by atoms with Crippen LogP contribution in [-0.2, 0) is 19.3 Å². The lowest BCUT2D eigenvalue weighted by molar-refractivity contribution is 0.00630. The van der Waals surface area contributed by atoms with E-state index in [0.717, 1.165) is 0 Å².